The lowest BCUT2D eigenvalue weighted by Crippen LogP contribution is -2.18. The molecule has 92 valence electrons. The molecule has 0 radical (unpaired) electrons. The van der Waals surface area contributed by atoms with Gasteiger partial charge in [-0.15, -0.1) is 0 Å². The molecular weight excluding hydrogens is 214 g/mol. The van der Waals surface area contributed by atoms with Gasteiger partial charge in [-0.05, 0) is 13.5 Å². The van der Waals surface area contributed by atoms with Crippen LogP contribution in [0.1, 0.15) is 29.8 Å². The highest BCUT2D eigenvalue weighted by Gasteiger charge is 2.19. The van der Waals surface area contributed by atoms with Gasteiger partial charge in [0.1, 0.15) is 0 Å². The molecule has 0 saturated carbocycles. The first-order valence-corrected chi connectivity index (χ1v) is 5.84. The number of nitrogens with zero attached hydrogens (tertiary/aromatic N) is 4. The number of hydrogen-bond donors (Lipinski definition) is 1. The maximum Gasteiger partial charge on any atom is 0.0673 e. The second kappa shape index (κ2) is 4.71. The van der Waals surface area contributed by atoms with Crippen molar-refractivity contribution < 1.29 is 0 Å². The molecule has 5 heteroatoms. The van der Waals surface area contributed by atoms with Crippen LogP contribution in [0.2, 0.25) is 0 Å². The van der Waals surface area contributed by atoms with Crippen molar-refractivity contribution >= 4 is 0 Å². The van der Waals surface area contributed by atoms with Gasteiger partial charge in [-0.2, -0.15) is 10.2 Å². The van der Waals surface area contributed by atoms with E-state index in [4.69, 9.17) is 0 Å². The van der Waals surface area contributed by atoms with Crippen LogP contribution in [0.3, 0.4) is 0 Å². The van der Waals surface area contributed by atoms with Gasteiger partial charge in [-0.3, -0.25) is 9.36 Å². The molecule has 0 bridgehead atoms. The Morgan fingerprint density at radius 2 is 2.06 bits per heavy atom. The molecule has 1 atom stereocenters. The summed E-state index contributed by atoms with van der Waals surface area (Å²) in [5.74, 6) is 0. The Labute approximate surface area is 101 Å². The summed E-state index contributed by atoms with van der Waals surface area (Å²) >= 11 is 0. The van der Waals surface area contributed by atoms with Crippen molar-refractivity contribution in [1.29, 1.82) is 0 Å². The van der Waals surface area contributed by atoms with Crippen molar-refractivity contribution in [1.82, 2.24) is 24.9 Å². The van der Waals surface area contributed by atoms with Crippen LogP contribution in [-0.2, 0) is 20.5 Å². The van der Waals surface area contributed by atoms with E-state index in [-0.39, 0.29) is 6.04 Å². The number of aromatic nitrogens is 4. The Morgan fingerprint density at radius 3 is 2.59 bits per heavy atom. The minimum absolute atomic E-state index is 0.160. The van der Waals surface area contributed by atoms with Crippen LogP contribution in [0, 0.1) is 0 Å². The van der Waals surface area contributed by atoms with E-state index in [9.17, 15) is 0 Å². The summed E-state index contributed by atoms with van der Waals surface area (Å²) in [5, 5.41) is 12.0. The Kier molecular flexibility index (Phi) is 3.28. The molecule has 0 spiro atoms. The summed E-state index contributed by atoms with van der Waals surface area (Å²) < 4.78 is 3.69. The Hall–Kier alpha value is -1.62. The number of aryl methyl sites for hydroxylation is 3. The van der Waals surface area contributed by atoms with Crippen LogP contribution in [0.5, 0.6) is 0 Å². The molecule has 5 nitrogen and oxygen atoms in total. The molecule has 0 amide bonds. The Balaban J connectivity index is 2.41. The normalized spacial score (nSPS) is 12.9. The SMILES string of the molecule is CCc1nn(C)cc1C(NC)c1cnn(C)c1. The maximum absolute atomic E-state index is 4.48. The summed E-state index contributed by atoms with van der Waals surface area (Å²) in [4.78, 5) is 0. The quantitative estimate of drug-likeness (QED) is 0.858. The largest absolute Gasteiger partial charge is 0.309 e. The fourth-order valence-corrected chi connectivity index (χ4v) is 2.16. The van der Waals surface area contributed by atoms with Gasteiger partial charge in [0.25, 0.3) is 0 Å². The first-order chi connectivity index (χ1) is 8.15. The lowest BCUT2D eigenvalue weighted by molar-refractivity contribution is 0.681. The lowest BCUT2D eigenvalue weighted by atomic mass is 10.0. The molecule has 0 saturated heterocycles. The molecule has 2 rings (SSSR count). The van der Waals surface area contributed by atoms with Crippen LogP contribution in [0.4, 0.5) is 0 Å². The van der Waals surface area contributed by atoms with Gasteiger partial charge in [-0.1, -0.05) is 6.92 Å². The summed E-state index contributed by atoms with van der Waals surface area (Å²) in [6.45, 7) is 2.13. The highest BCUT2D eigenvalue weighted by atomic mass is 15.3. The first kappa shape index (κ1) is 11.9. The van der Waals surface area contributed by atoms with E-state index in [1.807, 2.05) is 42.9 Å². The number of nitrogens with one attached hydrogen (secondary N) is 1. The third-order valence-corrected chi connectivity index (χ3v) is 2.93. The van der Waals surface area contributed by atoms with Crippen LogP contribution in [0.15, 0.2) is 18.6 Å². The van der Waals surface area contributed by atoms with E-state index in [1.165, 1.54) is 5.56 Å². The molecule has 2 aromatic heterocycles. The van der Waals surface area contributed by atoms with E-state index in [0.29, 0.717) is 0 Å². The fraction of sp³-hybridized carbons (Fsp3) is 0.500. The van der Waals surface area contributed by atoms with Gasteiger partial charge in [0.05, 0.1) is 17.9 Å². The van der Waals surface area contributed by atoms with Crippen molar-refractivity contribution in [2.24, 2.45) is 14.1 Å². The van der Waals surface area contributed by atoms with Crippen LogP contribution >= 0.6 is 0 Å². The molecule has 0 fully saturated rings. The maximum atomic E-state index is 4.48. The highest BCUT2D eigenvalue weighted by molar-refractivity contribution is 5.30. The standard InChI is InChI=1S/C12H19N5/c1-5-11-10(8-17(4)15-11)12(13-2)9-6-14-16(3)7-9/h6-8,12-13H,5H2,1-4H3. The molecule has 17 heavy (non-hydrogen) atoms. The van der Waals surface area contributed by atoms with Crippen LogP contribution in [0.25, 0.3) is 0 Å². The summed E-state index contributed by atoms with van der Waals surface area (Å²) in [7, 11) is 5.85. The zero-order valence-corrected chi connectivity index (χ0v) is 10.8. The van der Waals surface area contributed by atoms with Crippen LogP contribution in [-0.4, -0.2) is 26.6 Å². The predicted octanol–water partition coefficient (Wildman–Crippen LogP) is 1.02. The van der Waals surface area contributed by atoms with E-state index >= 15 is 0 Å². The minimum Gasteiger partial charge on any atom is -0.309 e. The van der Waals surface area contributed by atoms with Gasteiger partial charge in [-0.25, -0.2) is 0 Å². The van der Waals surface area contributed by atoms with Gasteiger partial charge in [0.15, 0.2) is 0 Å². The lowest BCUT2D eigenvalue weighted by Gasteiger charge is -2.13. The van der Waals surface area contributed by atoms with Gasteiger partial charge in [0.2, 0.25) is 0 Å². The average Bonchev–Trinajstić information content (AvgIpc) is 2.87. The molecular formula is C12H19N5. The summed E-state index contributed by atoms with van der Waals surface area (Å²) in [5.41, 5.74) is 3.53. The van der Waals surface area contributed by atoms with E-state index < -0.39 is 0 Å². The Morgan fingerprint density at radius 1 is 1.29 bits per heavy atom. The molecule has 0 aromatic carbocycles. The zero-order chi connectivity index (χ0) is 12.4. The van der Waals surface area contributed by atoms with Gasteiger partial charge in [0, 0.05) is 37.6 Å². The molecule has 1 unspecified atom stereocenters. The van der Waals surface area contributed by atoms with Crippen molar-refractivity contribution in [2.75, 3.05) is 7.05 Å². The van der Waals surface area contributed by atoms with Crippen molar-refractivity contribution in [3.63, 3.8) is 0 Å². The third-order valence-electron chi connectivity index (χ3n) is 2.93. The van der Waals surface area contributed by atoms with Crippen molar-refractivity contribution in [3.8, 4) is 0 Å². The molecule has 1 N–H and O–H groups in total. The molecule has 2 heterocycles. The molecule has 0 aliphatic rings. The van der Waals surface area contributed by atoms with Crippen LogP contribution < -0.4 is 5.32 Å². The van der Waals surface area contributed by atoms with E-state index in [1.54, 1.807) is 0 Å². The predicted molar refractivity (Wildman–Crippen MR) is 66.7 cm³/mol. The topological polar surface area (TPSA) is 47.7 Å². The molecule has 0 aliphatic carbocycles. The second-order valence-electron chi connectivity index (χ2n) is 4.23. The molecule has 0 aliphatic heterocycles. The van der Waals surface area contributed by atoms with E-state index in [2.05, 4.69) is 28.6 Å². The summed E-state index contributed by atoms with van der Waals surface area (Å²) in [6.07, 6.45) is 6.95. The monoisotopic (exact) mass is 233 g/mol. The second-order valence-corrected chi connectivity index (χ2v) is 4.23. The molecule has 2 aromatic rings. The minimum atomic E-state index is 0.160. The number of rotatable bonds is 4. The van der Waals surface area contributed by atoms with E-state index in [0.717, 1.165) is 17.7 Å². The smallest absolute Gasteiger partial charge is 0.0673 e. The highest BCUT2D eigenvalue weighted by Crippen LogP contribution is 2.23. The Bertz CT molecular complexity index is 497. The summed E-state index contributed by atoms with van der Waals surface area (Å²) in [6, 6.07) is 0.160. The average molecular weight is 233 g/mol. The van der Waals surface area contributed by atoms with Gasteiger partial charge < -0.3 is 5.32 Å². The first-order valence-electron chi connectivity index (χ1n) is 5.84. The van der Waals surface area contributed by atoms with Crippen molar-refractivity contribution in [3.05, 3.63) is 35.4 Å². The zero-order valence-electron chi connectivity index (χ0n) is 10.8. The third kappa shape index (κ3) is 2.24. The van der Waals surface area contributed by atoms with Crippen molar-refractivity contribution in [2.45, 2.75) is 19.4 Å². The number of hydrogen-bond acceptors (Lipinski definition) is 3. The van der Waals surface area contributed by atoms with Gasteiger partial charge >= 0.3 is 0 Å². The fourth-order valence-electron chi connectivity index (χ4n) is 2.16.